The van der Waals surface area contributed by atoms with Crippen LogP contribution in [0.3, 0.4) is 0 Å². The Kier molecular flexibility index (Phi) is 4.45. The van der Waals surface area contributed by atoms with Crippen molar-refractivity contribution >= 4 is 34.5 Å². The fraction of sp³-hybridized carbons (Fsp3) is 0.308. The van der Waals surface area contributed by atoms with Gasteiger partial charge in [0, 0.05) is 7.05 Å². The van der Waals surface area contributed by atoms with Gasteiger partial charge in [0.25, 0.3) is 0 Å². The van der Waals surface area contributed by atoms with Crippen LogP contribution >= 0.6 is 11.8 Å². The van der Waals surface area contributed by atoms with Gasteiger partial charge in [-0.05, 0) is 18.2 Å². The summed E-state index contributed by atoms with van der Waals surface area (Å²) >= 11 is 0.834. The monoisotopic (exact) mass is 332 g/mol. The van der Waals surface area contributed by atoms with Gasteiger partial charge in [-0.25, -0.2) is 4.99 Å². The maximum Gasteiger partial charge on any atom is 0.416 e. The molecule has 1 aromatic carbocycles. The first-order chi connectivity index (χ1) is 10.2. The molecule has 0 spiro atoms. The number of alkyl halides is 3. The third-order valence-corrected chi connectivity index (χ3v) is 4.17. The highest BCUT2D eigenvalue weighted by Crippen LogP contribution is 2.33. The van der Waals surface area contributed by atoms with Gasteiger partial charge in [0.05, 0.1) is 17.7 Å². The van der Waals surface area contributed by atoms with Crippen molar-refractivity contribution in [1.29, 1.82) is 0 Å². The Morgan fingerprint density at radius 1 is 1.45 bits per heavy atom. The van der Waals surface area contributed by atoms with Crippen LogP contribution in [0, 0.1) is 0 Å². The zero-order valence-corrected chi connectivity index (χ0v) is 12.1. The van der Waals surface area contributed by atoms with Gasteiger partial charge in [0.15, 0.2) is 5.17 Å². The van der Waals surface area contributed by atoms with E-state index >= 15 is 0 Å². The molecule has 0 bridgehead atoms. The summed E-state index contributed by atoms with van der Waals surface area (Å²) in [6.07, 6.45) is -4.68. The predicted octanol–water partition coefficient (Wildman–Crippen LogP) is 2.74. The summed E-state index contributed by atoms with van der Waals surface area (Å²) in [5.41, 5.74) is -0.859. The van der Waals surface area contributed by atoms with E-state index < -0.39 is 28.9 Å². The number of carboxylic acids is 1. The van der Waals surface area contributed by atoms with Crippen molar-refractivity contribution < 1.29 is 27.9 Å². The Balaban J connectivity index is 2.34. The third kappa shape index (κ3) is 3.59. The molecule has 22 heavy (non-hydrogen) atoms. The standard InChI is InChI=1S/C13H11F3N2O3S/c1-18-10(19)6-9(11(20)21)22-12(18)17-8-4-2-3-7(5-8)13(14,15)16/h2-5,9H,6H2,1H3,(H,20,21)/t9-/m1/s1. The van der Waals surface area contributed by atoms with E-state index in [0.717, 1.165) is 28.8 Å². The number of carbonyl (C=O) groups is 2. The van der Waals surface area contributed by atoms with Gasteiger partial charge in [0.1, 0.15) is 5.25 Å². The second-order valence-electron chi connectivity index (χ2n) is 4.54. The molecule has 0 unspecified atom stereocenters. The average molecular weight is 332 g/mol. The number of rotatable bonds is 2. The van der Waals surface area contributed by atoms with Gasteiger partial charge in [-0.2, -0.15) is 13.2 Å². The number of carboxylic acid groups (broad SMARTS) is 1. The molecule has 0 aromatic heterocycles. The lowest BCUT2D eigenvalue weighted by Gasteiger charge is -2.27. The molecule has 1 aromatic rings. The Hall–Kier alpha value is -2.03. The summed E-state index contributed by atoms with van der Waals surface area (Å²) in [6, 6.07) is 4.31. The molecule has 1 aliphatic rings. The summed E-state index contributed by atoms with van der Waals surface area (Å²) in [7, 11) is 1.40. The van der Waals surface area contributed by atoms with Gasteiger partial charge >= 0.3 is 12.1 Å². The number of amides is 1. The molecule has 0 radical (unpaired) electrons. The molecule has 0 aliphatic carbocycles. The molecular weight excluding hydrogens is 321 g/mol. The number of carbonyl (C=O) groups excluding carboxylic acids is 1. The molecule has 1 heterocycles. The van der Waals surface area contributed by atoms with Crippen molar-refractivity contribution in [3.05, 3.63) is 29.8 Å². The maximum atomic E-state index is 12.7. The van der Waals surface area contributed by atoms with E-state index in [1.165, 1.54) is 19.2 Å². The largest absolute Gasteiger partial charge is 0.480 e. The smallest absolute Gasteiger partial charge is 0.416 e. The highest BCUT2D eigenvalue weighted by molar-refractivity contribution is 8.15. The number of hydrogen-bond donors (Lipinski definition) is 1. The fourth-order valence-corrected chi connectivity index (χ4v) is 2.75. The zero-order valence-electron chi connectivity index (χ0n) is 11.3. The first-order valence-corrected chi connectivity index (χ1v) is 6.98. The molecule has 1 amide bonds. The second-order valence-corrected chi connectivity index (χ2v) is 5.71. The molecule has 1 fully saturated rings. The number of halogens is 3. The average Bonchev–Trinajstić information content (AvgIpc) is 2.43. The fourth-order valence-electron chi connectivity index (χ4n) is 1.75. The molecule has 0 saturated carbocycles. The molecule has 1 aliphatic heterocycles. The van der Waals surface area contributed by atoms with Crippen LogP contribution in [0.1, 0.15) is 12.0 Å². The molecule has 2 rings (SSSR count). The molecule has 1 atom stereocenters. The zero-order chi connectivity index (χ0) is 16.5. The summed E-state index contributed by atoms with van der Waals surface area (Å²) in [5, 5.41) is 8.05. The summed E-state index contributed by atoms with van der Waals surface area (Å²) < 4.78 is 38.0. The quantitative estimate of drug-likeness (QED) is 0.904. The van der Waals surface area contributed by atoms with Crippen molar-refractivity contribution in [3.63, 3.8) is 0 Å². The summed E-state index contributed by atoms with van der Waals surface area (Å²) in [5.74, 6) is -1.61. The van der Waals surface area contributed by atoms with Crippen LogP contribution in [0.15, 0.2) is 29.3 Å². The van der Waals surface area contributed by atoms with Crippen LogP contribution in [0.25, 0.3) is 0 Å². The van der Waals surface area contributed by atoms with E-state index in [4.69, 9.17) is 5.11 Å². The number of benzene rings is 1. The Bertz CT molecular complexity index is 646. The van der Waals surface area contributed by atoms with Crippen molar-refractivity contribution in [2.45, 2.75) is 17.8 Å². The number of amidine groups is 1. The number of aliphatic imine (C=N–C) groups is 1. The normalized spacial score (nSPS) is 21.3. The predicted molar refractivity (Wildman–Crippen MR) is 74.9 cm³/mol. The van der Waals surface area contributed by atoms with Gasteiger partial charge in [-0.1, -0.05) is 17.8 Å². The van der Waals surface area contributed by atoms with Crippen LogP contribution in [0.4, 0.5) is 18.9 Å². The topological polar surface area (TPSA) is 70.0 Å². The molecular formula is C13H11F3N2O3S. The lowest BCUT2D eigenvalue weighted by molar-refractivity contribution is -0.139. The lowest BCUT2D eigenvalue weighted by atomic mass is 10.2. The number of hydrogen-bond acceptors (Lipinski definition) is 4. The first kappa shape index (κ1) is 16.3. The minimum atomic E-state index is -4.50. The number of nitrogens with zero attached hydrogens (tertiary/aromatic N) is 2. The Labute approximate surface area is 127 Å². The minimum Gasteiger partial charge on any atom is -0.480 e. The van der Waals surface area contributed by atoms with Crippen molar-refractivity contribution in [3.8, 4) is 0 Å². The Morgan fingerprint density at radius 2 is 2.14 bits per heavy atom. The van der Waals surface area contributed by atoms with E-state index in [1.54, 1.807) is 0 Å². The second kappa shape index (κ2) is 5.99. The van der Waals surface area contributed by atoms with Crippen molar-refractivity contribution in [2.24, 2.45) is 4.99 Å². The van der Waals surface area contributed by atoms with Gasteiger partial charge in [-0.15, -0.1) is 0 Å². The van der Waals surface area contributed by atoms with Crippen molar-refractivity contribution in [2.75, 3.05) is 7.05 Å². The summed E-state index contributed by atoms with van der Waals surface area (Å²) in [6.45, 7) is 0. The first-order valence-electron chi connectivity index (χ1n) is 6.10. The van der Waals surface area contributed by atoms with Crippen molar-refractivity contribution in [1.82, 2.24) is 4.90 Å². The number of aliphatic carboxylic acids is 1. The van der Waals surface area contributed by atoms with E-state index in [9.17, 15) is 22.8 Å². The van der Waals surface area contributed by atoms with E-state index in [2.05, 4.69) is 4.99 Å². The van der Waals surface area contributed by atoms with Crippen LogP contribution in [0.2, 0.25) is 0 Å². The SMILES string of the molecule is CN1C(=O)C[C@H](C(=O)O)SC1=Nc1cccc(C(F)(F)F)c1. The highest BCUT2D eigenvalue weighted by Gasteiger charge is 2.34. The molecule has 1 saturated heterocycles. The molecule has 118 valence electrons. The van der Waals surface area contributed by atoms with Gasteiger partial charge < -0.3 is 5.11 Å². The van der Waals surface area contributed by atoms with E-state index in [1.807, 2.05) is 0 Å². The van der Waals surface area contributed by atoms with Gasteiger partial charge in [0.2, 0.25) is 5.91 Å². The van der Waals surface area contributed by atoms with Crippen LogP contribution < -0.4 is 0 Å². The van der Waals surface area contributed by atoms with E-state index in [0.29, 0.717) is 0 Å². The van der Waals surface area contributed by atoms with Gasteiger partial charge in [-0.3, -0.25) is 14.5 Å². The minimum absolute atomic E-state index is 0.00279. The highest BCUT2D eigenvalue weighted by atomic mass is 32.2. The number of thioether (sulfide) groups is 1. The van der Waals surface area contributed by atoms with Crippen LogP contribution in [-0.4, -0.2) is 39.3 Å². The molecule has 1 N–H and O–H groups in total. The van der Waals surface area contributed by atoms with Crippen LogP contribution in [-0.2, 0) is 15.8 Å². The molecule has 9 heteroatoms. The van der Waals surface area contributed by atoms with Crippen LogP contribution in [0.5, 0.6) is 0 Å². The summed E-state index contributed by atoms with van der Waals surface area (Å²) in [4.78, 5) is 27.8. The lowest BCUT2D eigenvalue weighted by Crippen LogP contribution is -2.41. The molecule has 5 nitrogen and oxygen atoms in total. The third-order valence-electron chi connectivity index (χ3n) is 2.94. The van der Waals surface area contributed by atoms with E-state index in [-0.39, 0.29) is 17.3 Å². The maximum absolute atomic E-state index is 12.7. The Morgan fingerprint density at radius 3 is 2.73 bits per heavy atom.